The highest BCUT2D eigenvalue weighted by atomic mass is 32.2. The number of methoxy groups -OCH3 is 1. The first-order valence-electron chi connectivity index (χ1n) is 11.1. The molecule has 0 saturated carbocycles. The maximum absolute atomic E-state index is 12.9. The van der Waals surface area contributed by atoms with Gasteiger partial charge in [-0.3, -0.25) is 9.59 Å². The van der Waals surface area contributed by atoms with E-state index in [1.807, 2.05) is 10.3 Å². The highest BCUT2D eigenvalue weighted by molar-refractivity contribution is 8.01. The van der Waals surface area contributed by atoms with Gasteiger partial charge in [0.1, 0.15) is 22.8 Å². The lowest BCUT2D eigenvalue weighted by molar-refractivity contribution is -0.120. The molecule has 4 heterocycles. The Bertz CT molecular complexity index is 1400. The molecule has 0 atom stereocenters. The number of nitrogens with one attached hydrogen (secondary N) is 2. The Morgan fingerprint density at radius 2 is 2.08 bits per heavy atom. The van der Waals surface area contributed by atoms with Crippen LogP contribution < -0.4 is 25.7 Å². The van der Waals surface area contributed by atoms with Gasteiger partial charge in [0.2, 0.25) is 17.2 Å². The third kappa shape index (κ3) is 5.13. The van der Waals surface area contributed by atoms with Crippen molar-refractivity contribution in [1.82, 2.24) is 19.9 Å². The molecule has 11 nitrogen and oxygen atoms in total. The van der Waals surface area contributed by atoms with Crippen LogP contribution in [0.5, 0.6) is 5.88 Å². The van der Waals surface area contributed by atoms with Crippen molar-refractivity contribution in [3.8, 4) is 5.88 Å². The number of aryl methyl sites for hydroxylation is 1. The van der Waals surface area contributed by atoms with Crippen LogP contribution in [0, 0.1) is 12.8 Å². The predicted molar refractivity (Wildman–Crippen MR) is 139 cm³/mol. The van der Waals surface area contributed by atoms with Crippen LogP contribution in [0.15, 0.2) is 46.9 Å². The van der Waals surface area contributed by atoms with Crippen LogP contribution >= 0.6 is 11.8 Å². The average Bonchev–Trinajstić information content (AvgIpc) is 2.81. The van der Waals surface area contributed by atoms with E-state index in [1.54, 1.807) is 49.0 Å². The molecule has 0 aliphatic carbocycles. The molecule has 3 N–H and O–H groups in total. The van der Waals surface area contributed by atoms with Crippen LogP contribution in [0.4, 0.5) is 11.6 Å². The SMILES string of the molecule is CN/C=C\SCn1cc(C(=O)O)c(=O)c2c(C)cc(N3CC(C(=O)Nc4cccc(OC)n4)C3)nc21. The van der Waals surface area contributed by atoms with E-state index in [-0.39, 0.29) is 22.8 Å². The number of ether oxygens (including phenoxy) is 1. The molecule has 1 saturated heterocycles. The zero-order valence-electron chi connectivity index (χ0n) is 20.0. The van der Waals surface area contributed by atoms with E-state index in [4.69, 9.17) is 9.72 Å². The number of thioether (sulfide) groups is 1. The van der Waals surface area contributed by atoms with Gasteiger partial charge in [-0.1, -0.05) is 6.07 Å². The number of pyridine rings is 3. The Labute approximate surface area is 211 Å². The third-order valence-electron chi connectivity index (χ3n) is 5.75. The number of fused-ring (bicyclic) bond motifs is 1. The van der Waals surface area contributed by atoms with Crippen LogP contribution in [-0.2, 0) is 10.7 Å². The molecule has 4 rings (SSSR count). The normalized spacial score (nSPS) is 13.6. The number of nitrogens with zero attached hydrogens (tertiary/aromatic N) is 4. The number of carbonyl (C=O) groups is 2. The fourth-order valence-corrected chi connectivity index (χ4v) is 4.52. The molecule has 36 heavy (non-hydrogen) atoms. The van der Waals surface area contributed by atoms with Gasteiger partial charge in [-0.2, -0.15) is 4.98 Å². The minimum absolute atomic E-state index is 0.153. The van der Waals surface area contributed by atoms with Crippen molar-refractivity contribution in [1.29, 1.82) is 0 Å². The second-order valence-electron chi connectivity index (χ2n) is 8.19. The zero-order chi connectivity index (χ0) is 25.8. The van der Waals surface area contributed by atoms with Gasteiger partial charge in [0.15, 0.2) is 0 Å². The standard InChI is InChI=1S/C24H26N6O5S/c1-14-9-18(29-10-15(11-29)23(32)27-17-5-4-6-19(26-17)35-3)28-22-20(14)21(31)16(24(33)34)12-30(22)13-36-8-7-25-2/h4-9,12,15,25H,10-11,13H2,1-3H3,(H,33,34)(H,26,27,32)/b8-7-. The van der Waals surface area contributed by atoms with Gasteiger partial charge in [0.25, 0.3) is 0 Å². The number of carbonyl (C=O) groups excluding carboxylic acids is 1. The van der Waals surface area contributed by atoms with Gasteiger partial charge in [0, 0.05) is 38.6 Å². The fraction of sp³-hybridized carbons (Fsp3) is 0.292. The lowest BCUT2D eigenvalue weighted by Gasteiger charge is -2.39. The van der Waals surface area contributed by atoms with Gasteiger partial charge in [-0.05, 0) is 30.0 Å². The number of hydrogen-bond donors (Lipinski definition) is 3. The molecule has 0 radical (unpaired) electrons. The Kier molecular flexibility index (Phi) is 7.44. The van der Waals surface area contributed by atoms with E-state index >= 15 is 0 Å². The van der Waals surface area contributed by atoms with Gasteiger partial charge in [0.05, 0.1) is 24.3 Å². The van der Waals surface area contributed by atoms with Crippen molar-refractivity contribution < 1.29 is 19.4 Å². The summed E-state index contributed by atoms with van der Waals surface area (Å²) in [5.74, 6) is 0.127. The minimum atomic E-state index is -1.28. The van der Waals surface area contributed by atoms with Crippen molar-refractivity contribution in [3.05, 3.63) is 63.4 Å². The number of aromatic nitrogens is 3. The van der Waals surface area contributed by atoms with E-state index in [0.29, 0.717) is 47.7 Å². The Morgan fingerprint density at radius 1 is 1.31 bits per heavy atom. The molecule has 1 amide bonds. The second-order valence-corrected chi connectivity index (χ2v) is 9.05. The summed E-state index contributed by atoms with van der Waals surface area (Å²) in [6, 6.07) is 6.90. The molecule has 1 aliphatic rings. The molecular formula is C24H26N6O5S. The van der Waals surface area contributed by atoms with E-state index in [2.05, 4.69) is 15.6 Å². The smallest absolute Gasteiger partial charge is 0.341 e. The van der Waals surface area contributed by atoms with Crippen LogP contribution in [0.2, 0.25) is 0 Å². The lowest BCUT2D eigenvalue weighted by atomic mass is 9.98. The van der Waals surface area contributed by atoms with Gasteiger partial charge < -0.3 is 29.9 Å². The first-order valence-corrected chi connectivity index (χ1v) is 12.2. The molecule has 0 aromatic carbocycles. The quantitative estimate of drug-likeness (QED) is 0.393. The molecule has 0 spiro atoms. The molecule has 3 aromatic rings. The highest BCUT2D eigenvalue weighted by Crippen LogP contribution is 2.28. The molecule has 0 bridgehead atoms. The molecule has 3 aromatic heterocycles. The van der Waals surface area contributed by atoms with Crippen molar-refractivity contribution in [2.24, 2.45) is 5.92 Å². The number of rotatable bonds is 9. The summed E-state index contributed by atoms with van der Waals surface area (Å²) in [5, 5.41) is 17.3. The maximum Gasteiger partial charge on any atom is 0.341 e. The third-order valence-corrected chi connectivity index (χ3v) is 6.50. The average molecular weight is 511 g/mol. The molecule has 12 heteroatoms. The minimum Gasteiger partial charge on any atom is -0.481 e. The van der Waals surface area contributed by atoms with Gasteiger partial charge >= 0.3 is 5.97 Å². The summed E-state index contributed by atoms with van der Waals surface area (Å²) in [4.78, 5) is 48.1. The van der Waals surface area contributed by atoms with E-state index in [0.717, 1.165) is 0 Å². The molecule has 1 aliphatic heterocycles. The fourth-order valence-electron chi connectivity index (χ4n) is 3.85. The summed E-state index contributed by atoms with van der Waals surface area (Å²) < 4.78 is 6.76. The zero-order valence-corrected chi connectivity index (χ0v) is 20.8. The number of carboxylic acid groups (broad SMARTS) is 1. The Hall–Kier alpha value is -4.06. The number of hydrogen-bond acceptors (Lipinski definition) is 9. The monoisotopic (exact) mass is 510 g/mol. The maximum atomic E-state index is 12.9. The number of aromatic carboxylic acids is 1. The second kappa shape index (κ2) is 10.7. The van der Waals surface area contributed by atoms with Crippen molar-refractivity contribution >= 4 is 46.3 Å². The molecule has 188 valence electrons. The summed E-state index contributed by atoms with van der Waals surface area (Å²) in [6.45, 7) is 2.66. The van der Waals surface area contributed by atoms with Crippen LogP contribution in [-0.4, -0.2) is 58.8 Å². The first kappa shape index (κ1) is 25.0. The number of anilines is 2. The van der Waals surface area contributed by atoms with Crippen LogP contribution in [0.25, 0.3) is 11.0 Å². The Morgan fingerprint density at radius 3 is 2.78 bits per heavy atom. The summed E-state index contributed by atoms with van der Waals surface area (Å²) >= 11 is 1.42. The van der Waals surface area contributed by atoms with Crippen LogP contribution in [0.3, 0.4) is 0 Å². The summed E-state index contributed by atoms with van der Waals surface area (Å²) in [5.41, 5.74) is 0.165. The molecule has 1 fully saturated rings. The van der Waals surface area contributed by atoms with Crippen molar-refractivity contribution in [2.75, 3.05) is 37.5 Å². The lowest BCUT2D eigenvalue weighted by Crippen LogP contribution is -2.52. The van der Waals surface area contributed by atoms with Crippen molar-refractivity contribution in [2.45, 2.75) is 12.8 Å². The summed E-state index contributed by atoms with van der Waals surface area (Å²) in [6.07, 6.45) is 3.08. The van der Waals surface area contributed by atoms with E-state index < -0.39 is 11.4 Å². The highest BCUT2D eigenvalue weighted by Gasteiger charge is 2.34. The number of amides is 1. The predicted octanol–water partition coefficient (Wildman–Crippen LogP) is 2.26. The van der Waals surface area contributed by atoms with Crippen molar-refractivity contribution in [3.63, 3.8) is 0 Å². The Balaban J connectivity index is 1.57. The molecular weight excluding hydrogens is 484 g/mol. The topological polar surface area (TPSA) is 139 Å². The summed E-state index contributed by atoms with van der Waals surface area (Å²) in [7, 11) is 3.29. The number of carboxylic acids is 1. The largest absolute Gasteiger partial charge is 0.481 e. The first-order chi connectivity index (χ1) is 17.3. The van der Waals surface area contributed by atoms with Crippen LogP contribution in [0.1, 0.15) is 15.9 Å². The van der Waals surface area contributed by atoms with Gasteiger partial charge in [-0.15, -0.1) is 11.8 Å². The molecule has 0 unspecified atom stereocenters. The van der Waals surface area contributed by atoms with Gasteiger partial charge in [-0.25, -0.2) is 9.78 Å². The van der Waals surface area contributed by atoms with E-state index in [1.165, 1.54) is 25.1 Å². The van der Waals surface area contributed by atoms with E-state index in [9.17, 15) is 19.5 Å².